The van der Waals surface area contributed by atoms with Crippen molar-refractivity contribution in [3.8, 4) is 10.7 Å². The van der Waals surface area contributed by atoms with Crippen molar-refractivity contribution < 1.29 is 18.3 Å². The Hall–Kier alpha value is -2.00. The smallest absolute Gasteiger partial charge is 0.175 e. The lowest BCUT2D eigenvalue weighted by atomic mass is 9.83. The van der Waals surface area contributed by atoms with Gasteiger partial charge in [-0.3, -0.25) is 0 Å². The number of H-pyrrole nitrogens is 1. The maximum absolute atomic E-state index is 11.9. The lowest BCUT2D eigenvalue weighted by Crippen LogP contribution is -2.18. The topological polar surface area (TPSA) is 92.3 Å². The van der Waals surface area contributed by atoms with E-state index in [1.54, 1.807) is 25.3 Å². The number of aromatic amines is 1. The highest BCUT2D eigenvalue weighted by Crippen LogP contribution is 2.36. The molecule has 2 atom stereocenters. The Kier molecular flexibility index (Phi) is 6.62. The Morgan fingerprint density at radius 2 is 1.90 bits per heavy atom. The first-order chi connectivity index (χ1) is 14.8. The first-order valence-corrected chi connectivity index (χ1v) is 13.2. The molecule has 0 spiro atoms. The van der Waals surface area contributed by atoms with E-state index in [1.165, 1.54) is 17.6 Å². The zero-order valence-electron chi connectivity index (χ0n) is 17.7. The molecule has 6 nitrogen and oxygen atoms in total. The number of nitrogens with zero attached hydrogens (tertiary/aromatic N) is 1. The van der Waals surface area contributed by atoms with Crippen LogP contribution in [0.25, 0.3) is 10.7 Å². The van der Waals surface area contributed by atoms with Gasteiger partial charge in [-0.2, -0.15) is 0 Å². The molecule has 1 fully saturated rings. The highest BCUT2D eigenvalue weighted by Gasteiger charge is 2.24. The van der Waals surface area contributed by atoms with E-state index in [2.05, 4.69) is 16.0 Å². The van der Waals surface area contributed by atoms with Crippen molar-refractivity contribution in [3.05, 3.63) is 58.7 Å². The summed E-state index contributed by atoms with van der Waals surface area (Å²) in [4.78, 5) is 9.15. The number of ether oxygens (including phenoxy) is 1. The van der Waals surface area contributed by atoms with Gasteiger partial charge in [0.2, 0.25) is 0 Å². The lowest BCUT2D eigenvalue weighted by Gasteiger charge is -2.27. The van der Waals surface area contributed by atoms with Gasteiger partial charge in [0.05, 0.1) is 21.6 Å². The van der Waals surface area contributed by atoms with Crippen LogP contribution in [0, 0.1) is 5.92 Å². The molecular weight excluding hydrogens is 432 g/mol. The fraction of sp³-hybridized carbons (Fsp3) is 0.435. The van der Waals surface area contributed by atoms with Crippen molar-refractivity contribution >= 4 is 21.2 Å². The molecule has 1 saturated heterocycles. The van der Waals surface area contributed by atoms with Gasteiger partial charge in [0, 0.05) is 37.3 Å². The number of sulfone groups is 1. The number of nitrogens with one attached hydrogen (secondary N) is 1. The summed E-state index contributed by atoms with van der Waals surface area (Å²) >= 11 is 1.48. The molecule has 4 rings (SSSR count). The number of aliphatic hydroxyl groups excluding tert-OH is 1. The van der Waals surface area contributed by atoms with E-state index in [4.69, 9.17) is 4.74 Å². The van der Waals surface area contributed by atoms with Gasteiger partial charge in [0.25, 0.3) is 0 Å². The second kappa shape index (κ2) is 9.24. The van der Waals surface area contributed by atoms with Crippen LogP contribution in [0.1, 0.15) is 54.3 Å². The molecule has 0 radical (unpaired) electrons. The maximum Gasteiger partial charge on any atom is 0.175 e. The summed E-state index contributed by atoms with van der Waals surface area (Å²) in [5, 5.41) is 10.6. The highest BCUT2D eigenvalue weighted by molar-refractivity contribution is 7.90. The van der Waals surface area contributed by atoms with E-state index in [1.807, 2.05) is 18.2 Å². The maximum atomic E-state index is 11.9. The average Bonchev–Trinajstić information content (AvgIpc) is 3.42. The Morgan fingerprint density at radius 1 is 1.19 bits per heavy atom. The third-order valence-corrected chi connectivity index (χ3v) is 8.20. The number of aliphatic hydroxyl groups is 1. The van der Waals surface area contributed by atoms with Crippen LogP contribution in [0.3, 0.4) is 0 Å². The molecular formula is C23H28N2O4S2. The molecule has 31 heavy (non-hydrogen) atoms. The van der Waals surface area contributed by atoms with Crippen LogP contribution in [0.2, 0.25) is 0 Å². The Morgan fingerprint density at radius 3 is 2.52 bits per heavy atom. The van der Waals surface area contributed by atoms with Crippen LogP contribution < -0.4 is 0 Å². The summed E-state index contributed by atoms with van der Waals surface area (Å²) in [7, 11) is -3.23. The van der Waals surface area contributed by atoms with Crippen LogP contribution in [-0.4, -0.2) is 43.0 Å². The molecule has 2 unspecified atom stereocenters. The Balaban J connectivity index is 1.64. The fourth-order valence-electron chi connectivity index (χ4n) is 4.05. The summed E-state index contributed by atoms with van der Waals surface area (Å²) < 4.78 is 29.3. The first-order valence-electron chi connectivity index (χ1n) is 10.5. The molecule has 0 aliphatic carbocycles. The molecule has 8 heteroatoms. The molecule has 166 valence electrons. The second-order valence-corrected chi connectivity index (χ2v) is 11.3. The normalized spacial score (nSPS) is 17.5. The van der Waals surface area contributed by atoms with Crippen molar-refractivity contribution in [1.29, 1.82) is 0 Å². The molecule has 1 aliphatic rings. The van der Waals surface area contributed by atoms with E-state index >= 15 is 0 Å². The molecule has 2 aromatic heterocycles. The van der Waals surface area contributed by atoms with Gasteiger partial charge in [-0.25, -0.2) is 13.4 Å². The third-order valence-electron chi connectivity index (χ3n) is 5.87. The fourth-order valence-corrected chi connectivity index (χ4v) is 5.51. The van der Waals surface area contributed by atoms with E-state index in [0.29, 0.717) is 10.8 Å². The van der Waals surface area contributed by atoms with Gasteiger partial charge >= 0.3 is 0 Å². The van der Waals surface area contributed by atoms with Gasteiger partial charge in [-0.05, 0) is 61.9 Å². The first kappa shape index (κ1) is 22.2. The number of aromatic nitrogens is 2. The minimum Gasteiger partial charge on any atom is -0.388 e. The van der Waals surface area contributed by atoms with Gasteiger partial charge in [0.15, 0.2) is 9.84 Å². The molecule has 3 aromatic rings. The molecule has 2 N–H and O–H groups in total. The minimum absolute atomic E-state index is 0.127. The standard InChI is InChI=1S/C23H28N2O4S2/c1-15(26)22-14-24-23(30-22)21-8-7-20(25-21)19(13-16-9-11-29-12-10-16)17-3-5-18(6-4-17)31(2,27)28/h3-8,14-16,19,25-26H,9-13H2,1-2H3. The van der Waals surface area contributed by atoms with Crippen molar-refractivity contribution in [2.24, 2.45) is 5.92 Å². The van der Waals surface area contributed by atoms with Crippen LogP contribution in [-0.2, 0) is 14.6 Å². The number of benzene rings is 1. The van der Waals surface area contributed by atoms with E-state index in [0.717, 1.165) is 59.3 Å². The molecule has 0 saturated carbocycles. The highest BCUT2D eigenvalue weighted by atomic mass is 32.2. The van der Waals surface area contributed by atoms with Crippen LogP contribution in [0.15, 0.2) is 47.5 Å². The summed E-state index contributed by atoms with van der Waals surface area (Å²) in [5.74, 6) is 0.684. The van der Waals surface area contributed by atoms with Crippen molar-refractivity contribution in [1.82, 2.24) is 9.97 Å². The molecule has 1 aliphatic heterocycles. The predicted molar refractivity (Wildman–Crippen MR) is 122 cm³/mol. The Bertz CT molecular complexity index is 1110. The number of hydrogen-bond acceptors (Lipinski definition) is 6. The zero-order chi connectivity index (χ0) is 22.0. The van der Waals surface area contributed by atoms with Crippen molar-refractivity contribution in [2.45, 2.75) is 43.1 Å². The average molecular weight is 461 g/mol. The van der Waals surface area contributed by atoms with Crippen LogP contribution in [0.4, 0.5) is 0 Å². The summed E-state index contributed by atoms with van der Waals surface area (Å²) in [6, 6.07) is 11.4. The Labute approximate surface area is 187 Å². The lowest BCUT2D eigenvalue weighted by molar-refractivity contribution is 0.0626. The predicted octanol–water partition coefficient (Wildman–Crippen LogP) is 4.54. The van der Waals surface area contributed by atoms with E-state index < -0.39 is 15.9 Å². The summed E-state index contributed by atoms with van der Waals surface area (Å²) in [5.41, 5.74) is 3.11. The van der Waals surface area contributed by atoms with Gasteiger partial charge < -0.3 is 14.8 Å². The summed E-state index contributed by atoms with van der Waals surface area (Å²) in [6.07, 6.45) is 5.46. The molecule has 3 heterocycles. The van der Waals surface area contributed by atoms with Crippen molar-refractivity contribution in [2.75, 3.05) is 19.5 Å². The van der Waals surface area contributed by atoms with Crippen LogP contribution in [0.5, 0.6) is 0 Å². The largest absolute Gasteiger partial charge is 0.388 e. The van der Waals surface area contributed by atoms with E-state index in [-0.39, 0.29) is 5.92 Å². The molecule has 0 amide bonds. The van der Waals surface area contributed by atoms with Gasteiger partial charge in [0.1, 0.15) is 5.01 Å². The number of thiazole rings is 1. The second-order valence-electron chi connectivity index (χ2n) is 8.26. The van der Waals surface area contributed by atoms with E-state index in [9.17, 15) is 13.5 Å². The van der Waals surface area contributed by atoms with Crippen molar-refractivity contribution in [3.63, 3.8) is 0 Å². The van der Waals surface area contributed by atoms with Crippen LogP contribution >= 0.6 is 11.3 Å². The monoisotopic (exact) mass is 460 g/mol. The minimum atomic E-state index is -3.23. The zero-order valence-corrected chi connectivity index (χ0v) is 19.4. The quantitative estimate of drug-likeness (QED) is 0.540. The SMILES string of the molecule is CC(O)c1cnc(-c2ccc(C(CC3CCOCC3)c3ccc(S(C)(=O)=O)cc3)[nH]2)s1. The van der Waals surface area contributed by atoms with Gasteiger partial charge in [-0.1, -0.05) is 12.1 Å². The number of hydrogen-bond donors (Lipinski definition) is 2. The summed E-state index contributed by atoms with van der Waals surface area (Å²) in [6.45, 7) is 3.32. The number of rotatable bonds is 7. The van der Waals surface area contributed by atoms with Gasteiger partial charge in [-0.15, -0.1) is 11.3 Å². The molecule has 0 bridgehead atoms. The third kappa shape index (κ3) is 5.26. The molecule has 1 aromatic carbocycles.